The molecule has 2 heterocycles. The van der Waals surface area contributed by atoms with Crippen LogP contribution in [-0.2, 0) is 11.2 Å². The summed E-state index contributed by atoms with van der Waals surface area (Å²) in [6.45, 7) is 3.25. The van der Waals surface area contributed by atoms with Crippen LogP contribution in [0.2, 0.25) is 0 Å². The van der Waals surface area contributed by atoms with Gasteiger partial charge in [-0.25, -0.2) is 4.98 Å². The number of imidazole rings is 1. The Morgan fingerprint density at radius 3 is 3.05 bits per heavy atom. The van der Waals surface area contributed by atoms with Crippen molar-refractivity contribution in [2.45, 2.75) is 44.8 Å². The lowest BCUT2D eigenvalue weighted by atomic mass is 10.0. The molecule has 1 saturated carbocycles. The summed E-state index contributed by atoms with van der Waals surface area (Å²) < 4.78 is 7.87. The minimum absolute atomic E-state index is 0.321. The van der Waals surface area contributed by atoms with Crippen LogP contribution in [0.4, 0.5) is 0 Å². The van der Waals surface area contributed by atoms with Crippen molar-refractivity contribution in [1.29, 1.82) is 0 Å². The molecule has 110 valence electrons. The van der Waals surface area contributed by atoms with Crippen LogP contribution < -0.4 is 5.32 Å². The smallest absolute Gasteiger partial charge is 0.193 e. The number of aromatic nitrogens is 2. The second kappa shape index (κ2) is 6.24. The molecule has 0 amide bonds. The Hall–Kier alpha value is -0.910. The Morgan fingerprint density at radius 2 is 2.40 bits per heavy atom. The maximum Gasteiger partial charge on any atom is 0.193 e. The summed E-state index contributed by atoms with van der Waals surface area (Å²) in [6.07, 6.45) is 9.24. The van der Waals surface area contributed by atoms with Crippen LogP contribution in [0.3, 0.4) is 0 Å². The lowest BCUT2D eigenvalue weighted by molar-refractivity contribution is 0.0508. The zero-order chi connectivity index (χ0) is 13.9. The molecule has 0 saturated heterocycles. The second-order valence-corrected chi connectivity index (χ2v) is 6.50. The van der Waals surface area contributed by atoms with Crippen molar-refractivity contribution in [1.82, 2.24) is 14.7 Å². The fraction of sp³-hybridized carbons (Fsp3) is 0.667. The highest BCUT2D eigenvalue weighted by Crippen LogP contribution is 2.36. The molecule has 1 aliphatic rings. The molecule has 2 aromatic rings. The molecule has 20 heavy (non-hydrogen) atoms. The Bertz CT molecular complexity index is 518. The predicted octanol–water partition coefficient (Wildman–Crippen LogP) is 2.73. The van der Waals surface area contributed by atoms with E-state index in [4.69, 9.17) is 9.72 Å². The predicted molar refractivity (Wildman–Crippen MR) is 82.4 cm³/mol. The lowest BCUT2D eigenvalue weighted by Gasteiger charge is -2.26. The Morgan fingerprint density at radius 1 is 1.55 bits per heavy atom. The number of thiazole rings is 1. The largest absolute Gasteiger partial charge is 0.380 e. The highest BCUT2D eigenvalue weighted by atomic mass is 32.1. The maximum absolute atomic E-state index is 5.77. The number of hydrogen-bond donors (Lipinski definition) is 1. The van der Waals surface area contributed by atoms with Gasteiger partial charge in [-0.05, 0) is 31.7 Å². The lowest BCUT2D eigenvalue weighted by Crippen LogP contribution is -2.44. The summed E-state index contributed by atoms with van der Waals surface area (Å²) in [4.78, 5) is 5.78. The standard InChI is InChI=1S/C15H23N3OS/c1-3-6-16-13(14(19-2)11-4-5-11)9-12-10-18-7-8-20-15(18)17-12/h7-8,10-11,13-14,16H,3-6,9H2,1-2H3. The average Bonchev–Trinajstić information content (AvgIpc) is 3.05. The summed E-state index contributed by atoms with van der Waals surface area (Å²) in [6, 6.07) is 0.372. The molecule has 0 aromatic carbocycles. The number of rotatable bonds is 8. The third-order valence-electron chi connectivity index (χ3n) is 3.98. The van der Waals surface area contributed by atoms with Crippen LogP contribution in [0.15, 0.2) is 17.8 Å². The van der Waals surface area contributed by atoms with Gasteiger partial charge in [0, 0.05) is 37.3 Å². The van der Waals surface area contributed by atoms with Gasteiger partial charge >= 0.3 is 0 Å². The molecule has 0 spiro atoms. The normalized spacial score (nSPS) is 18.5. The van der Waals surface area contributed by atoms with Crippen molar-refractivity contribution < 1.29 is 4.74 Å². The van der Waals surface area contributed by atoms with Crippen molar-refractivity contribution >= 4 is 16.3 Å². The van der Waals surface area contributed by atoms with Gasteiger partial charge in [-0.15, -0.1) is 11.3 Å². The van der Waals surface area contributed by atoms with Crippen molar-refractivity contribution in [2.75, 3.05) is 13.7 Å². The van der Waals surface area contributed by atoms with Crippen LogP contribution in [0.25, 0.3) is 4.96 Å². The Balaban J connectivity index is 1.72. The van der Waals surface area contributed by atoms with Crippen molar-refractivity contribution in [3.05, 3.63) is 23.5 Å². The molecular weight excluding hydrogens is 270 g/mol. The molecule has 1 N–H and O–H groups in total. The fourth-order valence-electron chi connectivity index (χ4n) is 2.84. The summed E-state index contributed by atoms with van der Waals surface area (Å²) in [7, 11) is 1.84. The van der Waals surface area contributed by atoms with E-state index in [-0.39, 0.29) is 0 Å². The first-order valence-corrected chi connectivity index (χ1v) is 8.37. The summed E-state index contributed by atoms with van der Waals surface area (Å²) in [5, 5.41) is 5.73. The van der Waals surface area contributed by atoms with Crippen molar-refractivity contribution in [3.8, 4) is 0 Å². The van der Waals surface area contributed by atoms with E-state index in [1.165, 1.54) is 12.8 Å². The molecule has 2 aromatic heterocycles. The number of fused-ring (bicyclic) bond motifs is 1. The van der Waals surface area contributed by atoms with Gasteiger partial charge in [-0.1, -0.05) is 6.92 Å². The Labute approximate surface area is 124 Å². The molecule has 4 nitrogen and oxygen atoms in total. The minimum Gasteiger partial charge on any atom is -0.380 e. The van der Waals surface area contributed by atoms with Gasteiger partial charge in [-0.2, -0.15) is 0 Å². The third-order valence-corrected chi connectivity index (χ3v) is 4.75. The highest BCUT2D eigenvalue weighted by Gasteiger charge is 2.36. The van der Waals surface area contributed by atoms with Gasteiger partial charge in [0.25, 0.3) is 0 Å². The van der Waals surface area contributed by atoms with E-state index in [1.54, 1.807) is 11.3 Å². The van der Waals surface area contributed by atoms with Crippen molar-refractivity contribution in [3.63, 3.8) is 0 Å². The van der Waals surface area contributed by atoms with Crippen LogP contribution in [0.5, 0.6) is 0 Å². The summed E-state index contributed by atoms with van der Waals surface area (Å²) >= 11 is 1.69. The fourth-order valence-corrected chi connectivity index (χ4v) is 3.56. The number of methoxy groups -OCH3 is 1. The first-order valence-electron chi connectivity index (χ1n) is 7.49. The molecule has 5 heteroatoms. The molecule has 3 rings (SSSR count). The van der Waals surface area contributed by atoms with E-state index in [0.717, 1.165) is 36.0 Å². The van der Waals surface area contributed by atoms with Crippen LogP contribution in [0.1, 0.15) is 31.9 Å². The van der Waals surface area contributed by atoms with Gasteiger partial charge in [0.05, 0.1) is 11.8 Å². The monoisotopic (exact) mass is 293 g/mol. The van der Waals surface area contributed by atoms with E-state index in [1.807, 2.05) is 7.11 Å². The SMILES string of the molecule is CCCNC(Cc1cn2ccsc2n1)C(OC)C1CC1. The van der Waals surface area contributed by atoms with Crippen molar-refractivity contribution in [2.24, 2.45) is 5.92 Å². The van der Waals surface area contributed by atoms with Crippen LogP contribution >= 0.6 is 11.3 Å². The second-order valence-electron chi connectivity index (χ2n) is 5.63. The number of ether oxygens (including phenoxy) is 1. The van der Waals surface area contributed by atoms with E-state index in [9.17, 15) is 0 Å². The quantitative estimate of drug-likeness (QED) is 0.813. The molecule has 2 unspecified atom stereocenters. The van der Waals surface area contributed by atoms with Gasteiger partial charge in [0.1, 0.15) is 0 Å². The first-order chi connectivity index (χ1) is 9.81. The van der Waals surface area contributed by atoms with E-state index < -0.39 is 0 Å². The third kappa shape index (κ3) is 3.05. The average molecular weight is 293 g/mol. The summed E-state index contributed by atoms with van der Waals surface area (Å²) in [5.41, 5.74) is 1.16. The Kier molecular flexibility index (Phi) is 4.38. The van der Waals surface area contributed by atoms with E-state index in [0.29, 0.717) is 12.1 Å². The van der Waals surface area contributed by atoms with Crippen LogP contribution in [0, 0.1) is 5.92 Å². The number of hydrogen-bond acceptors (Lipinski definition) is 4. The van der Waals surface area contributed by atoms with E-state index in [2.05, 4.69) is 34.4 Å². The summed E-state index contributed by atoms with van der Waals surface area (Å²) in [5.74, 6) is 0.734. The van der Waals surface area contributed by atoms with Crippen LogP contribution in [-0.4, -0.2) is 35.2 Å². The highest BCUT2D eigenvalue weighted by molar-refractivity contribution is 7.15. The van der Waals surface area contributed by atoms with E-state index >= 15 is 0 Å². The molecule has 1 aliphatic carbocycles. The molecule has 1 fully saturated rings. The number of nitrogens with one attached hydrogen (secondary N) is 1. The molecular formula is C15H23N3OS. The minimum atomic E-state index is 0.321. The van der Waals surface area contributed by atoms with Gasteiger partial charge in [-0.3, -0.25) is 4.40 Å². The zero-order valence-corrected chi connectivity index (χ0v) is 13.0. The van der Waals surface area contributed by atoms with Gasteiger partial charge in [0.15, 0.2) is 4.96 Å². The molecule has 0 aliphatic heterocycles. The molecule has 0 radical (unpaired) electrons. The maximum atomic E-state index is 5.77. The number of nitrogens with zero attached hydrogens (tertiary/aromatic N) is 2. The first kappa shape index (κ1) is 14.0. The van der Waals surface area contributed by atoms with Gasteiger partial charge < -0.3 is 10.1 Å². The molecule has 0 bridgehead atoms. The topological polar surface area (TPSA) is 38.6 Å². The zero-order valence-electron chi connectivity index (χ0n) is 12.2. The molecule has 2 atom stereocenters. The van der Waals surface area contributed by atoms with Gasteiger partial charge in [0.2, 0.25) is 0 Å².